The Morgan fingerprint density at radius 1 is 1.24 bits per heavy atom. The highest BCUT2D eigenvalue weighted by atomic mass is 32.1. The van der Waals surface area contributed by atoms with E-state index >= 15 is 22.0 Å². The van der Waals surface area contributed by atoms with Crippen LogP contribution in [-0.4, -0.2) is 95.5 Å². The van der Waals surface area contributed by atoms with Gasteiger partial charge in [-0.2, -0.15) is 28.4 Å². The molecule has 6 heterocycles. The van der Waals surface area contributed by atoms with Crippen LogP contribution in [0.4, 0.5) is 37.2 Å². The first-order valence-electron chi connectivity index (χ1n) is 17.9. The summed E-state index contributed by atoms with van der Waals surface area (Å²) in [4.78, 5) is 27.8. The molecule has 4 aliphatic heterocycles. The molecule has 54 heavy (non-hydrogen) atoms. The molecule has 1 amide bonds. The summed E-state index contributed by atoms with van der Waals surface area (Å²) in [7, 11) is 0. The van der Waals surface area contributed by atoms with Crippen molar-refractivity contribution in [2.75, 3.05) is 56.6 Å². The first-order valence-corrected chi connectivity index (χ1v) is 18.8. The molecule has 4 aromatic rings. The van der Waals surface area contributed by atoms with Gasteiger partial charge in [-0.05, 0) is 57.4 Å². The van der Waals surface area contributed by atoms with Crippen LogP contribution in [0.1, 0.15) is 50.7 Å². The largest absolute Gasteiger partial charge is 0.461 e. The molecule has 4 unspecified atom stereocenters. The molecule has 0 spiro atoms. The quantitative estimate of drug-likeness (QED) is 0.196. The van der Waals surface area contributed by atoms with E-state index in [1.54, 1.807) is 16.7 Å². The number of carbonyl (C=O) groups is 1. The van der Waals surface area contributed by atoms with E-state index < -0.39 is 52.2 Å². The van der Waals surface area contributed by atoms with Crippen LogP contribution >= 0.6 is 11.3 Å². The van der Waals surface area contributed by atoms with E-state index in [9.17, 15) is 14.4 Å². The van der Waals surface area contributed by atoms with Crippen molar-refractivity contribution in [1.82, 2.24) is 19.8 Å². The van der Waals surface area contributed by atoms with Crippen LogP contribution < -0.4 is 15.4 Å². The van der Waals surface area contributed by atoms with Gasteiger partial charge in [-0.25, -0.2) is 13.2 Å². The number of ether oxygens (including phenoxy) is 2. The van der Waals surface area contributed by atoms with Gasteiger partial charge in [-0.15, -0.1) is 11.3 Å². The van der Waals surface area contributed by atoms with Gasteiger partial charge in [0, 0.05) is 54.5 Å². The predicted molar refractivity (Wildman–Crippen MR) is 190 cm³/mol. The number of nitrogen functional groups attached to an aromatic ring is 1. The lowest BCUT2D eigenvalue weighted by Gasteiger charge is -2.33. The van der Waals surface area contributed by atoms with Crippen LogP contribution in [0.15, 0.2) is 18.2 Å². The second-order valence-electron chi connectivity index (χ2n) is 14.7. The van der Waals surface area contributed by atoms with Crippen molar-refractivity contribution in [1.29, 1.82) is 5.26 Å². The van der Waals surface area contributed by atoms with Crippen LogP contribution in [0, 0.1) is 28.9 Å². The van der Waals surface area contributed by atoms with Gasteiger partial charge in [0.15, 0.2) is 5.82 Å². The molecule has 4 saturated heterocycles. The van der Waals surface area contributed by atoms with E-state index in [2.05, 4.69) is 9.97 Å². The van der Waals surface area contributed by atoms with E-state index in [-0.39, 0.29) is 94.0 Å². The molecule has 0 bridgehead atoms. The molecule has 10 nitrogen and oxygen atoms in total. The van der Waals surface area contributed by atoms with E-state index in [4.69, 9.17) is 15.2 Å². The second kappa shape index (κ2) is 13.4. The number of likely N-dealkylation sites (N-methyl/N-ethyl adjacent to an activating group) is 1. The van der Waals surface area contributed by atoms with Crippen LogP contribution in [0.5, 0.6) is 6.01 Å². The molecule has 0 saturated carbocycles. The van der Waals surface area contributed by atoms with Gasteiger partial charge in [0.2, 0.25) is 5.91 Å². The molecule has 0 radical (unpaired) electrons. The number of rotatable bonds is 8. The molecule has 17 heteroatoms. The smallest absolute Gasteiger partial charge is 0.417 e. The number of nitriles is 1. The highest BCUT2D eigenvalue weighted by molar-refractivity contribution is 7.23. The number of alkyl halides is 4. The Morgan fingerprint density at radius 3 is 2.70 bits per heavy atom. The van der Waals surface area contributed by atoms with Gasteiger partial charge in [-0.1, -0.05) is 6.07 Å². The molecular weight excluding hydrogens is 737 g/mol. The zero-order chi connectivity index (χ0) is 38.3. The van der Waals surface area contributed by atoms with E-state index in [1.807, 2.05) is 17.9 Å². The number of hydrogen-bond acceptors (Lipinski definition) is 10. The molecule has 4 aliphatic rings. The molecule has 4 fully saturated rings. The minimum absolute atomic E-state index is 0.0237. The van der Waals surface area contributed by atoms with Crippen LogP contribution in [0.25, 0.3) is 32.1 Å². The van der Waals surface area contributed by atoms with Crippen LogP contribution in [-0.2, 0) is 15.7 Å². The zero-order valence-electron chi connectivity index (χ0n) is 29.5. The second-order valence-corrected chi connectivity index (χ2v) is 15.8. The number of carbonyl (C=O) groups excluding carboxylic acids is 1. The average Bonchev–Trinajstić information content (AvgIpc) is 3.84. The van der Waals surface area contributed by atoms with Crippen molar-refractivity contribution in [2.45, 2.75) is 69.5 Å². The maximum atomic E-state index is 17.3. The van der Waals surface area contributed by atoms with E-state index in [0.717, 1.165) is 24.6 Å². The van der Waals surface area contributed by atoms with Gasteiger partial charge in [-0.3, -0.25) is 9.69 Å². The number of amides is 1. The Balaban J connectivity index is 1.31. The Kier molecular flexibility index (Phi) is 9.08. The highest BCUT2D eigenvalue weighted by Gasteiger charge is 2.50. The fourth-order valence-corrected chi connectivity index (χ4v) is 9.80. The monoisotopic (exact) mass is 773 g/mol. The zero-order valence-corrected chi connectivity index (χ0v) is 30.3. The van der Waals surface area contributed by atoms with Crippen molar-refractivity contribution in [3.63, 3.8) is 0 Å². The topological polar surface area (TPSA) is 121 Å². The lowest BCUT2D eigenvalue weighted by molar-refractivity contribution is -0.150. The third kappa shape index (κ3) is 5.88. The average molecular weight is 774 g/mol. The summed E-state index contributed by atoms with van der Waals surface area (Å²) in [5.41, 5.74) is 1.90. The van der Waals surface area contributed by atoms with Gasteiger partial charge in [0.05, 0.1) is 40.5 Å². The third-order valence-corrected chi connectivity index (χ3v) is 12.5. The third-order valence-electron chi connectivity index (χ3n) is 11.5. The summed E-state index contributed by atoms with van der Waals surface area (Å²) < 4.78 is 104. The van der Waals surface area contributed by atoms with Crippen LogP contribution in [0.3, 0.4) is 0 Å². The van der Waals surface area contributed by atoms with Crippen molar-refractivity contribution in [2.24, 2.45) is 5.92 Å². The van der Waals surface area contributed by atoms with Crippen molar-refractivity contribution in [3.05, 3.63) is 41.0 Å². The minimum atomic E-state index is -5.13. The molecule has 0 aliphatic carbocycles. The summed E-state index contributed by atoms with van der Waals surface area (Å²) in [6.45, 7) is 5.70. The number of nitrogens with two attached hydrogens (primary N) is 1. The Morgan fingerprint density at radius 2 is 2.02 bits per heavy atom. The van der Waals surface area contributed by atoms with E-state index in [0.29, 0.717) is 43.9 Å². The minimum Gasteiger partial charge on any atom is -0.461 e. The summed E-state index contributed by atoms with van der Waals surface area (Å²) in [5.74, 6) is -2.57. The first-order chi connectivity index (χ1) is 25.7. The molecular formula is C37H37F6N7O3S. The number of benzene rings is 2. The fraction of sp³-hybridized carbons (Fsp3) is 0.514. The number of fused-ring (bicyclic) bond motifs is 3. The maximum absolute atomic E-state index is 17.3. The number of halogens is 6. The SMILES string of the molecule is CCN(c1nc(OCC23CCCN2CC(F)C3)nc2c(F)c(-c3ccc(F)c4sc(N)c(C#N)c34)c(C(F)(F)F)cc12)C1CC(C)N(C(=O)C2COC2)C1. The predicted octanol–water partition coefficient (Wildman–Crippen LogP) is 6.68. The summed E-state index contributed by atoms with van der Waals surface area (Å²) in [6, 6.07) is 3.60. The number of hydrogen-bond donors (Lipinski definition) is 1. The number of thiophene rings is 1. The summed E-state index contributed by atoms with van der Waals surface area (Å²) in [5, 5.41) is 9.27. The maximum Gasteiger partial charge on any atom is 0.417 e. The Labute approximate surface area is 310 Å². The summed E-state index contributed by atoms with van der Waals surface area (Å²) in [6.07, 6.45) is -4.02. The number of likely N-dealkylation sites (tertiary alicyclic amines) is 1. The summed E-state index contributed by atoms with van der Waals surface area (Å²) >= 11 is 0.681. The normalized spacial score (nSPS) is 24.6. The first kappa shape index (κ1) is 36.6. The fourth-order valence-electron chi connectivity index (χ4n) is 8.85. The van der Waals surface area contributed by atoms with Crippen molar-refractivity contribution in [3.8, 4) is 23.2 Å². The standard InChI is InChI=1S/C37H37F6N7O3S/c1-3-49(21-9-18(2)50(14-21)34(51)19-15-52-16-19)33-23-10-25(37(41,42)43)28(22-5-6-26(39)31-27(22)24(12-44)32(45)54-31)29(40)30(23)46-35(47-33)53-17-36-7-4-8-48(36)13-20(38)11-36/h5-6,10,18-21H,3-4,7-9,11,13-17,45H2,1-2H3. The van der Waals surface area contributed by atoms with E-state index in [1.165, 1.54) is 0 Å². The van der Waals surface area contributed by atoms with Gasteiger partial charge in [0.1, 0.15) is 41.0 Å². The molecule has 2 aromatic carbocycles. The molecule has 2 aromatic heterocycles. The molecule has 8 rings (SSSR count). The van der Waals surface area contributed by atoms with Crippen molar-refractivity contribution < 1.29 is 40.6 Å². The lowest BCUT2D eigenvalue weighted by Crippen LogP contribution is -2.47. The lowest BCUT2D eigenvalue weighted by atomic mass is 9.92. The Bertz CT molecular complexity index is 2210. The van der Waals surface area contributed by atoms with Gasteiger partial charge in [0.25, 0.3) is 0 Å². The van der Waals surface area contributed by atoms with Gasteiger partial charge < -0.3 is 25.0 Å². The highest BCUT2D eigenvalue weighted by Crippen LogP contribution is 2.48. The van der Waals surface area contributed by atoms with Crippen LogP contribution in [0.2, 0.25) is 0 Å². The van der Waals surface area contributed by atoms with Gasteiger partial charge >= 0.3 is 12.2 Å². The molecule has 2 N–H and O–H groups in total. The number of aromatic nitrogens is 2. The molecule has 286 valence electrons. The number of nitrogens with zero attached hydrogens (tertiary/aromatic N) is 6. The Hall–Kier alpha value is -4.40. The molecule has 4 atom stereocenters. The van der Waals surface area contributed by atoms with Crippen molar-refractivity contribution >= 4 is 49.1 Å². The number of anilines is 2.